The van der Waals surface area contributed by atoms with Crippen LogP contribution in [-0.4, -0.2) is 4.57 Å². The third-order valence-electron chi connectivity index (χ3n) is 13.0. The Kier molecular flexibility index (Phi) is 9.89. The van der Waals surface area contributed by atoms with Crippen molar-refractivity contribution >= 4 is 49.6 Å². The normalized spacial score (nSPS) is 11.3. The number of hydrogen-bond donors (Lipinski definition) is 0. The zero-order valence-corrected chi connectivity index (χ0v) is 36.3. The number of aromatic nitrogens is 1. The summed E-state index contributed by atoms with van der Waals surface area (Å²) < 4.78 is 2.39. The zero-order chi connectivity index (χ0) is 43.8. The average Bonchev–Trinajstić information content (AvgIpc) is 3.74. The molecule has 310 valence electrons. The van der Waals surface area contributed by atoms with Crippen LogP contribution in [-0.2, 0) is 0 Å². The predicted molar refractivity (Wildman–Crippen MR) is 280 cm³/mol. The van der Waals surface area contributed by atoms with Crippen LogP contribution in [0.3, 0.4) is 0 Å². The lowest BCUT2D eigenvalue weighted by atomic mass is 9.95. The fourth-order valence-electron chi connectivity index (χ4n) is 9.83. The molecule has 0 spiro atoms. The molecule has 1 heterocycles. The first-order valence-corrected chi connectivity index (χ1v) is 22.7. The van der Waals surface area contributed by atoms with Gasteiger partial charge < -0.3 is 9.47 Å². The average molecular weight is 841 g/mol. The lowest BCUT2D eigenvalue weighted by Crippen LogP contribution is -2.10. The van der Waals surface area contributed by atoms with Gasteiger partial charge in [-0.2, -0.15) is 0 Å². The summed E-state index contributed by atoms with van der Waals surface area (Å²) in [6, 6.07) is 96.8. The molecule has 0 unspecified atom stereocenters. The van der Waals surface area contributed by atoms with E-state index in [0.29, 0.717) is 0 Å². The van der Waals surface area contributed by atoms with Gasteiger partial charge in [-0.05, 0) is 139 Å². The van der Waals surface area contributed by atoms with Crippen molar-refractivity contribution in [3.05, 3.63) is 267 Å². The SMILES string of the molecule is c1ccc(-c2cccc(-c3ccc(N(c4ccc(-c5cccc6ccccc56)cc4)c4cccc(-c5cccc(-c6cccc7c6c6ccccc6n7-c6ccccc6)c5)c4)cc3)c2)cc1. The van der Waals surface area contributed by atoms with Crippen molar-refractivity contribution < 1.29 is 0 Å². The number of rotatable bonds is 9. The Hall–Kier alpha value is -8.72. The van der Waals surface area contributed by atoms with Crippen molar-refractivity contribution in [2.75, 3.05) is 4.90 Å². The minimum absolute atomic E-state index is 1.09. The molecule has 0 saturated carbocycles. The zero-order valence-electron chi connectivity index (χ0n) is 36.3. The van der Waals surface area contributed by atoms with Crippen LogP contribution in [0.2, 0.25) is 0 Å². The second kappa shape index (κ2) is 16.8. The van der Waals surface area contributed by atoms with Crippen molar-refractivity contribution in [3.8, 4) is 61.3 Å². The molecular formula is C64H44N2. The smallest absolute Gasteiger partial charge is 0.0547 e. The van der Waals surface area contributed by atoms with Gasteiger partial charge in [0.15, 0.2) is 0 Å². The van der Waals surface area contributed by atoms with Crippen molar-refractivity contribution in [2.45, 2.75) is 0 Å². The highest BCUT2D eigenvalue weighted by atomic mass is 15.1. The van der Waals surface area contributed by atoms with Gasteiger partial charge >= 0.3 is 0 Å². The first-order valence-electron chi connectivity index (χ1n) is 22.7. The fraction of sp³-hybridized carbons (Fsp3) is 0. The molecule has 0 radical (unpaired) electrons. The van der Waals surface area contributed by atoms with E-state index >= 15 is 0 Å². The quantitative estimate of drug-likeness (QED) is 0.141. The minimum Gasteiger partial charge on any atom is -0.310 e. The molecule has 0 atom stereocenters. The highest BCUT2D eigenvalue weighted by molar-refractivity contribution is 6.16. The first-order chi connectivity index (χ1) is 32.7. The molecule has 0 saturated heterocycles. The largest absolute Gasteiger partial charge is 0.310 e. The Morgan fingerprint density at radius 3 is 1.47 bits per heavy atom. The Morgan fingerprint density at radius 2 is 0.727 bits per heavy atom. The molecule has 0 aliphatic carbocycles. The third kappa shape index (κ3) is 7.12. The number of para-hydroxylation sites is 2. The molecular weight excluding hydrogens is 797 g/mol. The molecule has 0 fully saturated rings. The van der Waals surface area contributed by atoms with Gasteiger partial charge in [0.05, 0.1) is 11.0 Å². The number of nitrogens with zero attached hydrogens (tertiary/aromatic N) is 2. The monoisotopic (exact) mass is 840 g/mol. The second-order valence-electron chi connectivity index (χ2n) is 16.9. The van der Waals surface area contributed by atoms with Gasteiger partial charge in [-0.3, -0.25) is 0 Å². The van der Waals surface area contributed by atoms with Crippen LogP contribution in [0.1, 0.15) is 0 Å². The van der Waals surface area contributed by atoms with Crippen molar-refractivity contribution in [3.63, 3.8) is 0 Å². The van der Waals surface area contributed by atoms with Gasteiger partial charge in [0, 0.05) is 33.5 Å². The van der Waals surface area contributed by atoms with Gasteiger partial charge in [-0.1, -0.05) is 194 Å². The number of anilines is 3. The molecule has 2 nitrogen and oxygen atoms in total. The molecule has 11 aromatic carbocycles. The van der Waals surface area contributed by atoms with E-state index in [9.17, 15) is 0 Å². The van der Waals surface area contributed by atoms with E-state index < -0.39 is 0 Å². The lowest BCUT2D eigenvalue weighted by Gasteiger charge is -2.26. The molecule has 0 bridgehead atoms. The van der Waals surface area contributed by atoms with E-state index in [4.69, 9.17) is 0 Å². The van der Waals surface area contributed by atoms with Crippen LogP contribution in [0.15, 0.2) is 267 Å². The maximum atomic E-state index is 2.39. The molecule has 0 N–H and O–H groups in total. The second-order valence-corrected chi connectivity index (χ2v) is 16.9. The van der Waals surface area contributed by atoms with Crippen molar-refractivity contribution in [1.82, 2.24) is 4.57 Å². The fourth-order valence-corrected chi connectivity index (χ4v) is 9.83. The maximum absolute atomic E-state index is 2.39. The van der Waals surface area contributed by atoms with Crippen LogP contribution < -0.4 is 4.90 Å². The summed E-state index contributed by atoms with van der Waals surface area (Å²) in [5, 5.41) is 5.00. The summed E-state index contributed by atoms with van der Waals surface area (Å²) in [6.07, 6.45) is 0. The summed E-state index contributed by atoms with van der Waals surface area (Å²) in [6.45, 7) is 0. The van der Waals surface area contributed by atoms with Crippen molar-refractivity contribution in [2.24, 2.45) is 0 Å². The van der Waals surface area contributed by atoms with Gasteiger partial charge in [0.1, 0.15) is 0 Å². The molecule has 66 heavy (non-hydrogen) atoms. The van der Waals surface area contributed by atoms with E-state index in [1.165, 1.54) is 77.1 Å². The topological polar surface area (TPSA) is 8.17 Å². The van der Waals surface area contributed by atoms with Crippen LogP contribution in [0, 0.1) is 0 Å². The summed E-state index contributed by atoms with van der Waals surface area (Å²) in [5.41, 5.74) is 18.8. The van der Waals surface area contributed by atoms with Crippen molar-refractivity contribution in [1.29, 1.82) is 0 Å². The van der Waals surface area contributed by atoms with Crippen LogP contribution in [0.25, 0.3) is 93.9 Å². The lowest BCUT2D eigenvalue weighted by molar-refractivity contribution is 1.18. The molecule has 0 aliphatic rings. The van der Waals surface area contributed by atoms with E-state index in [1.54, 1.807) is 0 Å². The van der Waals surface area contributed by atoms with Gasteiger partial charge in [-0.15, -0.1) is 0 Å². The number of benzene rings is 11. The number of hydrogen-bond acceptors (Lipinski definition) is 1. The Bertz CT molecular complexity index is 3670. The molecule has 1 aromatic heterocycles. The van der Waals surface area contributed by atoms with Crippen LogP contribution in [0.4, 0.5) is 17.1 Å². The van der Waals surface area contributed by atoms with E-state index in [-0.39, 0.29) is 0 Å². The summed E-state index contributed by atoms with van der Waals surface area (Å²) in [7, 11) is 0. The van der Waals surface area contributed by atoms with E-state index in [0.717, 1.165) is 33.9 Å². The molecule has 12 aromatic rings. The van der Waals surface area contributed by atoms with E-state index in [2.05, 4.69) is 276 Å². The highest BCUT2D eigenvalue weighted by Crippen LogP contribution is 2.42. The summed E-state index contributed by atoms with van der Waals surface area (Å²) >= 11 is 0. The highest BCUT2D eigenvalue weighted by Gasteiger charge is 2.18. The van der Waals surface area contributed by atoms with Crippen LogP contribution >= 0.6 is 0 Å². The molecule has 12 rings (SSSR count). The Balaban J connectivity index is 0.946. The standard InChI is InChI=1S/C64H44N2/c1-3-16-45(17-4-1)49-20-11-21-50(42-49)46-34-38-55(39-35-46)65(56-40-36-48(37-41-56)59-30-14-19-47-18-7-8-28-58(47)59)57-27-13-23-52(44-57)51-22-12-24-53(43-51)60-31-15-33-63-64(60)61-29-9-10-32-62(61)66(63)54-25-5-2-6-26-54/h1-44H. The van der Waals surface area contributed by atoms with Gasteiger partial charge in [0.25, 0.3) is 0 Å². The summed E-state index contributed by atoms with van der Waals surface area (Å²) in [5.74, 6) is 0. The predicted octanol–water partition coefficient (Wildman–Crippen LogP) is 17.7. The first kappa shape index (κ1) is 38.9. The minimum atomic E-state index is 1.09. The Labute approximate surface area is 385 Å². The Morgan fingerprint density at radius 1 is 0.258 bits per heavy atom. The van der Waals surface area contributed by atoms with E-state index in [1.807, 2.05) is 0 Å². The van der Waals surface area contributed by atoms with Gasteiger partial charge in [0.2, 0.25) is 0 Å². The third-order valence-corrected chi connectivity index (χ3v) is 13.0. The maximum Gasteiger partial charge on any atom is 0.0547 e. The molecule has 0 amide bonds. The van der Waals surface area contributed by atoms with Gasteiger partial charge in [-0.25, -0.2) is 0 Å². The molecule has 0 aliphatic heterocycles. The summed E-state index contributed by atoms with van der Waals surface area (Å²) in [4.78, 5) is 2.38. The van der Waals surface area contributed by atoms with Crippen LogP contribution in [0.5, 0.6) is 0 Å². The molecule has 2 heteroatoms. The number of fused-ring (bicyclic) bond motifs is 4.